The standard InChI is InChI=1S/C13H8Br2F2O/c14-9-3-8(4-11(17)5-9)7-18-13-2-1-10(16)6-12(13)15/h1-6H,7H2. The average Bonchev–Trinajstić information content (AvgIpc) is 2.26. The fraction of sp³-hybridized carbons (Fsp3) is 0.0769. The molecule has 0 spiro atoms. The Labute approximate surface area is 120 Å². The van der Waals surface area contributed by atoms with Gasteiger partial charge in [-0.15, -0.1) is 0 Å². The summed E-state index contributed by atoms with van der Waals surface area (Å²) in [5.74, 6) is -0.166. The third-order valence-corrected chi connectivity index (χ3v) is 3.29. The van der Waals surface area contributed by atoms with Crippen LogP contribution in [-0.4, -0.2) is 0 Å². The molecule has 5 heteroatoms. The van der Waals surface area contributed by atoms with Crippen LogP contribution in [0.3, 0.4) is 0 Å². The van der Waals surface area contributed by atoms with Crippen LogP contribution in [0, 0.1) is 11.6 Å². The van der Waals surface area contributed by atoms with Gasteiger partial charge in [0.15, 0.2) is 0 Å². The first-order valence-electron chi connectivity index (χ1n) is 5.07. The van der Waals surface area contributed by atoms with Gasteiger partial charge in [0.25, 0.3) is 0 Å². The minimum atomic E-state index is -0.345. The lowest BCUT2D eigenvalue weighted by atomic mass is 10.2. The first kappa shape index (κ1) is 13.5. The number of hydrogen-bond donors (Lipinski definition) is 0. The molecule has 0 aliphatic heterocycles. The molecule has 2 aromatic carbocycles. The molecular weight excluding hydrogens is 370 g/mol. The smallest absolute Gasteiger partial charge is 0.134 e. The zero-order valence-corrected chi connectivity index (χ0v) is 12.3. The summed E-state index contributed by atoms with van der Waals surface area (Å²) < 4.78 is 32.7. The molecule has 2 aromatic rings. The Morgan fingerprint density at radius 2 is 1.72 bits per heavy atom. The van der Waals surface area contributed by atoms with Crippen molar-refractivity contribution in [1.29, 1.82) is 0 Å². The Balaban J connectivity index is 2.11. The maximum Gasteiger partial charge on any atom is 0.134 e. The molecular formula is C13H8Br2F2O. The molecule has 0 heterocycles. The molecule has 0 atom stereocenters. The highest BCUT2D eigenvalue weighted by molar-refractivity contribution is 9.10. The van der Waals surface area contributed by atoms with Gasteiger partial charge in [-0.05, 0) is 57.9 Å². The maximum atomic E-state index is 13.1. The largest absolute Gasteiger partial charge is 0.488 e. The number of halogens is 4. The van der Waals surface area contributed by atoms with Gasteiger partial charge in [0, 0.05) is 4.47 Å². The molecule has 0 N–H and O–H groups in total. The van der Waals surface area contributed by atoms with Crippen molar-refractivity contribution in [1.82, 2.24) is 0 Å². The fourth-order valence-electron chi connectivity index (χ4n) is 1.45. The Morgan fingerprint density at radius 1 is 0.944 bits per heavy atom. The topological polar surface area (TPSA) is 9.23 Å². The summed E-state index contributed by atoms with van der Waals surface area (Å²) in [7, 11) is 0. The highest BCUT2D eigenvalue weighted by atomic mass is 79.9. The zero-order valence-electron chi connectivity index (χ0n) is 9.09. The van der Waals surface area contributed by atoms with Crippen LogP contribution in [0.4, 0.5) is 8.78 Å². The van der Waals surface area contributed by atoms with Crippen molar-refractivity contribution in [2.45, 2.75) is 6.61 Å². The van der Waals surface area contributed by atoms with Crippen molar-refractivity contribution in [2.24, 2.45) is 0 Å². The predicted octanol–water partition coefficient (Wildman–Crippen LogP) is 5.07. The van der Waals surface area contributed by atoms with Gasteiger partial charge < -0.3 is 4.74 Å². The summed E-state index contributed by atoms with van der Waals surface area (Å²) >= 11 is 6.41. The molecule has 0 amide bonds. The van der Waals surface area contributed by atoms with Crippen molar-refractivity contribution < 1.29 is 13.5 Å². The van der Waals surface area contributed by atoms with E-state index in [0.29, 0.717) is 20.3 Å². The first-order chi connectivity index (χ1) is 8.54. The summed E-state index contributed by atoms with van der Waals surface area (Å²) in [6.07, 6.45) is 0. The predicted molar refractivity (Wildman–Crippen MR) is 72.5 cm³/mol. The van der Waals surface area contributed by atoms with Crippen LogP contribution < -0.4 is 4.74 Å². The molecule has 0 saturated heterocycles. The summed E-state index contributed by atoms with van der Waals surface area (Å²) in [6, 6.07) is 8.67. The zero-order chi connectivity index (χ0) is 13.1. The van der Waals surface area contributed by atoms with Crippen LogP contribution in [0.1, 0.15) is 5.56 Å². The van der Waals surface area contributed by atoms with Crippen molar-refractivity contribution in [3.05, 3.63) is 62.5 Å². The molecule has 0 radical (unpaired) electrons. The quantitative estimate of drug-likeness (QED) is 0.725. The van der Waals surface area contributed by atoms with E-state index >= 15 is 0 Å². The second-order valence-corrected chi connectivity index (χ2v) is 5.41. The van der Waals surface area contributed by atoms with Crippen LogP contribution in [0.25, 0.3) is 0 Å². The van der Waals surface area contributed by atoms with Gasteiger partial charge in [-0.25, -0.2) is 8.78 Å². The van der Waals surface area contributed by atoms with Crippen LogP contribution in [0.2, 0.25) is 0 Å². The summed E-state index contributed by atoms with van der Waals surface area (Å²) in [5.41, 5.74) is 0.693. The van der Waals surface area contributed by atoms with Crippen LogP contribution in [0.15, 0.2) is 45.3 Å². The van der Waals surface area contributed by atoms with E-state index in [4.69, 9.17) is 4.74 Å². The maximum absolute atomic E-state index is 13.1. The minimum Gasteiger partial charge on any atom is -0.488 e. The van der Waals surface area contributed by atoms with Gasteiger partial charge in [-0.3, -0.25) is 0 Å². The van der Waals surface area contributed by atoms with E-state index < -0.39 is 0 Å². The second kappa shape index (κ2) is 5.80. The monoisotopic (exact) mass is 376 g/mol. The van der Waals surface area contributed by atoms with Gasteiger partial charge in [0.2, 0.25) is 0 Å². The Morgan fingerprint density at radius 3 is 2.39 bits per heavy atom. The van der Waals surface area contributed by atoms with Crippen molar-refractivity contribution in [2.75, 3.05) is 0 Å². The van der Waals surface area contributed by atoms with Crippen molar-refractivity contribution in [3.8, 4) is 5.75 Å². The molecule has 0 aliphatic rings. The molecule has 1 nitrogen and oxygen atoms in total. The molecule has 0 unspecified atom stereocenters. The molecule has 0 saturated carbocycles. The molecule has 0 fully saturated rings. The minimum absolute atomic E-state index is 0.209. The van der Waals surface area contributed by atoms with Gasteiger partial charge >= 0.3 is 0 Å². The Bertz CT molecular complexity index is 553. The van der Waals surface area contributed by atoms with Crippen LogP contribution >= 0.6 is 31.9 Å². The summed E-state index contributed by atoms with van der Waals surface area (Å²) in [4.78, 5) is 0. The normalized spacial score (nSPS) is 10.4. The average molecular weight is 378 g/mol. The Hall–Kier alpha value is -0.940. The van der Waals surface area contributed by atoms with Crippen LogP contribution in [0.5, 0.6) is 5.75 Å². The Kier molecular flexibility index (Phi) is 4.35. The van der Waals surface area contributed by atoms with E-state index in [2.05, 4.69) is 31.9 Å². The SMILES string of the molecule is Fc1cc(Br)cc(COc2ccc(F)cc2Br)c1. The highest BCUT2D eigenvalue weighted by Gasteiger charge is 2.04. The van der Waals surface area contributed by atoms with Gasteiger partial charge in [0.1, 0.15) is 24.0 Å². The second-order valence-electron chi connectivity index (χ2n) is 3.64. The number of benzene rings is 2. The molecule has 2 rings (SSSR count). The highest BCUT2D eigenvalue weighted by Crippen LogP contribution is 2.26. The van der Waals surface area contributed by atoms with Gasteiger partial charge in [0.05, 0.1) is 4.47 Å². The van der Waals surface area contributed by atoms with E-state index in [9.17, 15) is 8.78 Å². The third kappa shape index (κ3) is 3.53. The number of ether oxygens (including phenoxy) is 1. The van der Waals surface area contributed by atoms with E-state index in [1.165, 1.54) is 30.3 Å². The first-order valence-corrected chi connectivity index (χ1v) is 6.66. The third-order valence-electron chi connectivity index (χ3n) is 2.21. The lowest BCUT2D eigenvalue weighted by Gasteiger charge is -2.08. The number of hydrogen-bond acceptors (Lipinski definition) is 1. The lowest BCUT2D eigenvalue weighted by Crippen LogP contribution is -1.97. The van der Waals surface area contributed by atoms with E-state index in [0.717, 1.165) is 0 Å². The van der Waals surface area contributed by atoms with Crippen molar-refractivity contribution >= 4 is 31.9 Å². The molecule has 0 aliphatic carbocycles. The molecule has 0 bridgehead atoms. The van der Waals surface area contributed by atoms with Crippen molar-refractivity contribution in [3.63, 3.8) is 0 Å². The van der Waals surface area contributed by atoms with Crippen LogP contribution in [-0.2, 0) is 6.61 Å². The number of rotatable bonds is 3. The van der Waals surface area contributed by atoms with Gasteiger partial charge in [-0.1, -0.05) is 15.9 Å². The molecule has 94 valence electrons. The lowest BCUT2D eigenvalue weighted by molar-refractivity contribution is 0.303. The fourth-order valence-corrected chi connectivity index (χ4v) is 2.43. The van der Waals surface area contributed by atoms with E-state index in [1.54, 1.807) is 6.07 Å². The summed E-state index contributed by atoms with van der Waals surface area (Å²) in [5, 5.41) is 0. The summed E-state index contributed by atoms with van der Waals surface area (Å²) in [6.45, 7) is 0.209. The molecule has 18 heavy (non-hydrogen) atoms. The van der Waals surface area contributed by atoms with Gasteiger partial charge in [-0.2, -0.15) is 0 Å². The van der Waals surface area contributed by atoms with E-state index in [1.807, 2.05) is 0 Å². The molecule has 0 aromatic heterocycles. The van der Waals surface area contributed by atoms with E-state index in [-0.39, 0.29) is 18.2 Å².